The second-order valence-electron chi connectivity index (χ2n) is 7.44. The second kappa shape index (κ2) is 9.19. The number of carbonyl (C=O) groups is 2. The molecule has 3 rings (SSSR count). The summed E-state index contributed by atoms with van der Waals surface area (Å²) in [4.78, 5) is 32.6. The highest BCUT2D eigenvalue weighted by atomic mass is 32.1. The standard InChI is InChI=1S/C21H28N4O2S/c1-15(26)22-11-10-18-14-28-20(23-18)17-5-4-12-25(13-17)21(27)16-6-8-19(9-7-16)24(2)3/h6-9,14,17H,4-5,10-13H2,1-3H3,(H,22,26)/t17-/m1/s1. The molecule has 2 amide bonds. The van der Waals surface area contributed by atoms with Gasteiger partial charge in [-0.25, -0.2) is 4.98 Å². The van der Waals surface area contributed by atoms with Crippen LogP contribution >= 0.6 is 11.3 Å². The van der Waals surface area contributed by atoms with Crippen molar-refractivity contribution in [3.05, 3.63) is 45.9 Å². The highest BCUT2D eigenvalue weighted by Crippen LogP contribution is 2.30. The largest absolute Gasteiger partial charge is 0.378 e. The number of carbonyl (C=O) groups excluding carboxylic acids is 2. The monoisotopic (exact) mass is 400 g/mol. The summed E-state index contributed by atoms with van der Waals surface area (Å²) in [5.41, 5.74) is 2.83. The molecule has 1 aliphatic rings. The highest BCUT2D eigenvalue weighted by Gasteiger charge is 2.27. The van der Waals surface area contributed by atoms with Crippen molar-refractivity contribution in [2.75, 3.05) is 38.6 Å². The fraction of sp³-hybridized carbons (Fsp3) is 0.476. The third-order valence-electron chi connectivity index (χ3n) is 5.01. The van der Waals surface area contributed by atoms with E-state index in [1.807, 2.05) is 48.2 Å². The highest BCUT2D eigenvalue weighted by molar-refractivity contribution is 7.09. The van der Waals surface area contributed by atoms with Crippen LogP contribution in [0.5, 0.6) is 0 Å². The van der Waals surface area contributed by atoms with E-state index in [0.717, 1.165) is 47.8 Å². The number of anilines is 1. The molecule has 0 aliphatic carbocycles. The van der Waals surface area contributed by atoms with Gasteiger partial charge in [-0.05, 0) is 37.1 Å². The molecule has 1 aliphatic heterocycles. The number of benzene rings is 1. The molecule has 7 heteroatoms. The van der Waals surface area contributed by atoms with Crippen LogP contribution in [0.2, 0.25) is 0 Å². The summed E-state index contributed by atoms with van der Waals surface area (Å²) in [5.74, 6) is 0.367. The summed E-state index contributed by atoms with van der Waals surface area (Å²) in [6.45, 7) is 3.64. The summed E-state index contributed by atoms with van der Waals surface area (Å²) in [7, 11) is 3.98. The fourth-order valence-corrected chi connectivity index (χ4v) is 4.42. The Morgan fingerprint density at radius 2 is 2.04 bits per heavy atom. The summed E-state index contributed by atoms with van der Waals surface area (Å²) in [6, 6.07) is 7.78. The van der Waals surface area contributed by atoms with Crippen molar-refractivity contribution >= 4 is 28.8 Å². The van der Waals surface area contributed by atoms with Crippen LogP contribution in [0.3, 0.4) is 0 Å². The van der Waals surface area contributed by atoms with Crippen molar-refractivity contribution in [2.24, 2.45) is 0 Å². The molecule has 2 heterocycles. The number of aromatic nitrogens is 1. The summed E-state index contributed by atoms with van der Waals surface area (Å²) >= 11 is 1.66. The Balaban J connectivity index is 1.61. The molecule has 28 heavy (non-hydrogen) atoms. The summed E-state index contributed by atoms with van der Waals surface area (Å²) in [6.07, 6.45) is 2.79. The molecular weight excluding hydrogens is 372 g/mol. The van der Waals surface area contributed by atoms with Gasteiger partial charge in [-0.3, -0.25) is 9.59 Å². The van der Waals surface area contributed by atoms with Crippen LogP contribution < -0.4 is 10.2 Å². The topological polar surface area (TPSA) is 65.5 Å². The van der Waals surface area contributed by atoms with Gasteiger partial charge >= 0.3 is 0 Å². The van der Waals surface area contributed by atoms with E-state index in [-0.39, 0.29) is 11.8 Å². The van der Waals surface area contributed by atoms with Crippen LogP contribution in [-0.2, 0) is 11.2 Å². The number of rotatable bonds is 6. The lowest BCUT2D eigenvalue weighted by atomic mass is 9.98. The number of thiazole rings is 1. The first-order chi connectivity index (χ1) is 13.4. The Bertz CT molecular complexity index is 816. The van der Waals surface area contributed by atoms with Crippen molar-refractivity contribution in [1.29, 1.82) is 0 Å². The molecule has 1 aromatic heterocycles. The molecule has 0 saturated carbocycles. The minimum absolute atomic E-state index is 0.0181. The van der Waals surface area contributed by atoms with Gasteiger partial charge in [0.2, 0.25) is 5.91 Å². The van der Waals surface area contributed by atoms with Crippen molar-refractivity contribution in [2.45, 2.75) is 32.1 Å². The van der Waals surface area contributed by atoms with Crippen LogP contribution in [0.25, 0.3) is 0 Å². The number of nitrogens with zero attached hydrogens (tertiary/aromatic N) is 3. The van der Waals surface area contributed by atoms with E-state index in [1.54, 1.807) is 11.3 Å². The molecular formula is C21H28N4O2S. The van der Waals surface area contributed by atoms with Crippen LogP contribution in [0.1, 0.15) is 46.7 Å². The van der Waals surface area contributed by atoms with Gasteiger partial charge in [0.05, 0.1) is 10.7 Å². The maximum absolute atomic E-state index is 12.9. The van der Waals surface area contributed by atoms with Gasteiger partial charge in [0.25, 0.3) is 5.91 Å². The van der Waals surface area contributed by atoms with Gasteiger partial charge in [0.1, 0.15) is 0 Å². The number of hydrogen-bond donors (Lipinski definition) is 1. The third-order valence-corrected chi connectivity index (χ3v) is 6.07. The summed E-state index contributed by atoms with van der Waals surface area (Å²) in [5, 5.41) is 5.97. The second-order valence-corrected chi connectivity index (χ2v) is 8.33. The minimum Gasteiger partial charge on any atom is -0.378 e. The summed E-state index contributed by atoms with van der Waals surface area (Å²) < 4.78 is 0. The average molecular weight is 401 g/mol. The van der Waals surface area contributed by atoms with E-state index in [4.69, 9.17) is 4.98 Å². The molecule has 150 valence electrons. The maximum atomic E-state index is 12.9. The predicted octanol–water partition coefficient (Wildman–Crippen LogP) is 2.91. The minimum atomic E-state index is -0.0181. The van der Waals surface area contributed by atoms with E-state index < -0.39 is 0 Å². The molecule has 0 unspecified atom stereocenters. The van der Waals surface area contributed by atoms with Crippen molar-refractivity contribution in [3.8, 4) is 0 Å². The quantitative estimate of drug-likeness (QED) is 0.810. The van der Waals surface area contributed by atoms with Crippen LogP contribution in [0, 0.1) is 0 Å². The smallest absolute Gasteiger partial charge is 0.253 e. The van der Waals surface area contributed by atoms with E-state index in [1.165, 1.54) is 6.92 Å². The molecule has 1 saturated heterocycles. The molecule has 0 spiro atoms. The zero-order valence-electron chi connectivity index (χ0n) is 16.8. The molecule has 2 aromatic rings. The van der Waals surface area contributed by atoms with Gasteiger partial charge in [0, 0.05) is 69.6 Å². The number of hydrogen-bond acceptors (Lipinski definition) is 5. The Morgan fingerprint density at radius 3 is 2.71 bits per heavy atom. The molecule has 1 atom stereocenters. The Morgan fingerprint density at radius 1 is 1.29 bits per heavy atom. The molecule has 0 bridgehead atoms. The zero-order chi connectivity index (χ0) is 20.1. The van der Waals surface area contributed by atoms with Gasteiger partial charge in [-0.2, -0.15) is 0 Å². The zero-order valence-corrected chi connectivity index (χ0v) is 17.6. The van der Waals surface area contributed by atoms with Crippen molar-refractivity contribution in [1.82, 2.24) is 15.2 Å². The van der Waals surface area contributed by atoms with Gasteiger partial charge in [-0.1, -0.05) is 0 Å². The molecule has 6 nitrogen and oxygen atoms in total. The van der Waals surface area contributed by atoms with E-state index >= 15 is 0 Å². The molecule has 1 aromatic carbocycles. The third kappa shape index (κ3) is 5.10. The average Bonchev–Trinajstić information content (AvgIpc) is 3.16. The van der Waals surface area contributed by atoms with Crippen LogP contribution in [-0.4, -0.2) is 55.4 Å². The number of amides is 2. The first kappa shape index (κ1) is 20.3. The first-order valence-electron chi connectivity index (χ1n) is 9.69. The predicted molar refractivity (Wildman–Crippen MR) is 113 cm³/mol. The normalized spacial score (nSPS) is 16.7. The van der Waals surface area contributed by atoms with E-state index in [0.29, 0.717) is 19.0 Å². The Hall–Kier alpha value is -2.41. The van der Waals surface area contributed by atoms with Crippen molar-refractivity contribution < 1.29 is 9.59 Å². The van der Waals surface area contributed by atoms with Gasteiger partial charge < -0.3 is 15.1 Å². The number of likely N-dealkylation sites (tertiary alicyclic amines) is 1. The lowest BCUT2D eigenvalue weighted by Crippen LogP contribution is -2.39. The van der Waals surface area contributed by atoms with Crippen LogP contribution in [0.4, 0.5) is 5.69 Å². The van der Waals surface area contributed by atoms with E-state index in [9.17, 15) is 9.59 Å². The molecule has 0 radical (unpaired) electrons. The molecule has 1 N–H and O–H groups in total. The lowest BCUT2D eigenvalue weighted by molar-refractivity contribution is -0.118. The van der Waals surface area contributed by atoms with Gasteiger partial charge in [0.15, 0.2) is 0 Å². The van der Waals surface area contributed by atoms with Gasteiger partial charge in [-0.15, -0.1) is 11.3 Å². The number of piperidine rings is 1. The lowest BCUT2D eigenvalue weighted by Gasteiger charge is -2.32. The van der Waals surface area contributed by atoms with Crippen molar-refractivity contribution in [3.63, 3.8) is 0 Å². The number of nitrogens with one attached hydrogen (secondary N) is 1. The maximum Gasteiger partial charge on any atom is 0.253 e. The SMILES string of the molecule is CC(=O)NCCc1csc([C@@H]2CCCN(C(=O)c3ccc(N(C)C)cc3)C2)n1. The first-order valence-corrected chi connectivity index (χ1v) is 10.6. The van der Waals surface area contributed by atoms with Crippen LogP contribution in [0.15, 0.2) is 29.6 Å². The van der Waals surface area contributed by atoms with E-state index in [2.05, 4.69) is 10.7 Å². The fourth-order valence-electron chi connectivity index (χ4n) is 3.44. The molecule has 1 fully saturated rings. The Labute approximate surface area is 170 Å². The Kier molecular flexibility index (Phi) is 6.67.